The lowest BCUT2D eigenvalue weighted by atomic mass is 10.0. The zero-order chi connectivity index (χ0) is 23.3. The number of hydrogen-bond donors (Lipinski definition) is 5. The maximum Gasteiger partial charge on any atom is 0.305 e. The number of allylic oxidation sites excluding steroid dienone is 2. The van der Waals surface area contributed by atoms with E-state index in [0.717, 1.165) is 32.1 Å². The third-order valence-corrected chi connectivity index (χ3v) is 5.38. The molecule has 0 aromatic heterocycles. The monoisotopic (exact) mass is 446 g/mol. The highest BCUT2D eigenvalue weighted by molar-refractivity contribution is 5.69. The Kier molecular flexibility index (Phi) is 20.2. The summed E-state index contributed by atoms with van der Waals surface area (Å²) in [5.41, 5.74) is 0. The van der Waals surface area contributed by atoms with E-state index in [9.17, 15) is 25.2 Å². The zero-order valence-electron chi connectivity index (χ0n) is 19.3. The Morgan fingerprint density at radius 2 is 1.23 bits per heavy atom. The van der Waals surface area contributed by atoms with Crippen molar-refractivity contribution in [2.45, 2.75) is 121 Å². The molecule has 31 heavy (non-hydrogen) atoms. The van der Waals surface area contributed by atoms with E-state index in [0.29, 0.717) is 6.42 Å². The van der Waals surface area contributed by atoms with Gasteiger partial charge in [0.1, 0.15) is 31.0 Å². The molecule has 0 amide bonds. The summed E-state index contributed by atoms with van der Waals surface area (Å²) in [7, 11) is 0. The van der Waals surface area contributed by atoms with Crippen molar-refractivity contribution in [3.8, 4) is 0 Å². The SMILES string of the molecule is CCCCCCCCC=CCCCCCCCC(=O)OCC(O)C(O)C(O)C(O)CO. The van der Waals surface area contributed by atoms with Crippen molar-refractivity contribution < 1.29 is 35.1 Å². The smallest absolute Gasteiger partial charge is 0.305 e. The molecule has 0 saturated carbocycles. The van der Waals surface area contributed by atoms with Gasteiger partial charge in [-0.1, -0.05) is 70.4 Å². The van der Waals surface area contributed by atoms with Gasteiger partial charge in [0.05, 0.1) is 6.61 Å². The number of carbonyl (C=O) groups excluding carboxylic acids is 1. The van der Waals surface area contributed by atoms with E-state index in [1.54, 1.807) is 0 Å². The van der Waals surface area contributed by atoms with Gasteiger partial charge in [-0.05, 0) is 32.1 Å². The fourth-order valence-electron chi connectivity index (χ4n) is 3.25. The van der Waals surface area contributed by atoms with E-state index < -0.39 is 43.6 Å². The van der Waals surface area contributed by atoms with Crippen molar-refractivity contribution >= 4 is 5.97 Å². The number of esters is 1. The first-order valence-corrected chi connectivity index (χ1v) is 12.1. The van der Waals surface area contributed by atoms with Crippen LogP contribution in [0.5, 0.6) is 0 Å². The van der Waals surface area contributed by atoms with Crippen LogP contribution >= 0.6 is 0 Å². The van der Waals surface area contributed by atoms with Gasteiger partial charge in [0.25, 0.3) is 0 Å². The summed E-state index contributed by atoms with van der Waals surface area (Å²) in [6.45, 7) is 1.02. The Bertz CT molecular complexity index is 442. The molecule has 0 radical (unpaired) electrons. The minimum Gasteiger partial charge on any atom is -0.463 e. The van der Waals surface area contributed by atoms with Crippen LogP contribution in [-0.4, -0.2) is 69.1 Å². The number of unbranched alkanes of at least 4 members (excludes halogenated alkanes) is 11. The van der Waals surface area contributed by atoms with Gasteiger partial charge < -0.3 is 30.3 Å². The lowest BCUT2D eigenvalue weighted by molar-refractivity contribution is -0.156. The molecule has 0 aliphatic heterocycles. The van der Waals surface area contributed by atoms with E-state index in [1.807, 2.05) is 0 Å². The van der Waals surface area contributed by atoms with Crippen LogP contribution in [0.4, 0.5) is 0 Å². The van der Waals surface area contributed by atoms with Gasteiger partial charge in [-0.15, -0.1) is 0 Å². The van der Waals surface area contributed by atoms with Gasteiger partial charge in [-0.2, -0.15) is 0 Å². The summed E-state index contributed by atoms with van der Waals surface area (Å²) in [6.07, 6.45) is 13.5. The molecule has 0 aromatic carbocycles. The fourth-order valence-corrected chi connectivity index (χ4v) is 3.25. The maximum absolute atomic E-state index is 11.7. The average Bonchev–Trinajstić information content (AvgIpc) is 2.78. The summed E-state index contributed by atoms with van der Waals surface area (Å²) in [4.78, 5) is 11.7. The molecule has 0 bridgehead atoms. The molecule has 5 N–H and O–H groups in total. The predicted octanol–water partition coefficient (Wildman–Crippen LogP) is 3.00. The molecule has 4 atom stereocenters. The van der Waals surface area contributed by atoms with Gasteiger partial charge in [0.15, 0.2) is 0 Å². The number of aliphatic hydroxyl groups excluding tert-OH is 5. The molecular formula is C24H46O7. The minimum absolute atomic E-state index is 0.239. The Morgan fingerprint density at radius 1 is 0.742 bits per heavy atom. The molecule has 0 aliphatic carbocycles. The van der Waals surface area contributed by atoms with E-state index in [-0.39, 0.29) is 6.42 Å². The van der Waals surface area contributed by atoms with Crippen molar-refractivity contribution in [1.29, 1.82) is 0 Å². The van der Waals surface area contributed by atoms with Crippen LogP contribution in [0, 0.1) is 0 Å². The summed E-state index contributed by atoms with van der Waals surface area (Å²) in [5, 5.41) is 46.8. The first-order chi connectivity index (χ1) is 14.9. The first-order valence-electron chi connectivity index (χ1n) is 12.1. The molecule has 0 heterocycles. The third kappa shape index (κ3) is 17.3. The highest BCUT2D eigenvalue weighted by Crippen LogP contribution is 2.11. The highest BCUT2D eigenvalue weighted by atomic mass is 16.5. The first kappa shape index (κ1) is 30.0. The zero-order valence-corrected chi connectivity index (χ0v) is 19.3. The fraction of sp³-hybridized carbons (Fsp3) is 0.875. The number of hydrogen-bond acceptors (Lipinski definition) is 7. The molecule has 0 aliphatic rings. The van der Waals surface area contributed by atoms with Crippen LogP contribution in [-0.2, 0) is 9.53 Å². The van der Waals surface area contributed by atoms with Gasteiger partial charge in [-0.3, -0.25) is 4.79 Å². The second-order valence-corrected chi connectivity index (χ2v) is 8.32. The summed E-state index contributed by atoms with van der Waals surface area (Å²) in [5.74, 6) is -0.471. The molecule has 0 rings (SSSR count). The molecular weight excluding hydrogens is 400 g/mol. The average molecular weight is 447 g/mol. The normalized spacial score (nSPS) is 15.7. The minimum atomic E-state index is -1.72. The van der Waals surface area contributed by atoms with Crippen LogP contribution in [0.25, 0.3) is 0 Å². The standard InChI is InChI=1S/C24H46O7/c1-2-3-4-5-6-7-8-9-10-11-12-13-14-15-16-17-22(28)31-19-21(27)24(30)23(29)20(26)18-25/h9-10,20-21,23-27,29-30H,2-8,11-19H2,1H3. The van der Waals surface area contributed by atoms with Gasteiger partial charge >= 0.3 is 5.97 Å². The molecule has 7 heteroatoms. The number of aliphatic hydroxyl groups is 5. The van der Waals surface area contributed by atoms with E-state index >= 15 is 0 Å². The number of rotatable bonds is 21. The van der Waals surface area contributed by atoms with Crippen molar-refractivity contribution in [1.82, 2.24) is 0 Å². The van der Waals surface area contributed by atoms with Crippen molar-refractivity contribution in [2.75, 3.05) is 13.2 Å². The second-order valence-electron chi connectivity index (χ2n) is 8.32. The maximum atomic E-state index is 11.7. The second kappa shape index (κ2) is 20.9. The number of carbonyl (C=O) groups is 1. The largest absolute Gasteiger partial charge is 0.463 e. The third-order valence-electron chi connectivity index (χ3n) is 5.38. The Hall–Kier alpha value is -0.990. The highest BCUT2D eigenvalue weighted by Gasteiger charge is 2.30. The van der Waals surface area contributed by atoms with Crippen molar-refractivity contribution in [3.63, 3.8) is 0 Å². The molecule has 7 nitrogen and oxygen atoms in total. The molecule has 0 fully saturated rings. The number of ether oxygens (including phenoxy) is 1. The van der Waals surface area contributed by atoms with Crippen LogP contribution in [0.1, 0.15) is 96.8 Å². The molecule has 0 aromatic rings. The lowest BCUT2D eigenvalue weighted by Crippen LogP contribution is -2.47. The van der Waals surface area contributed by atoms with Crippen molar-refractivity contribution in [2.24, 2.45) is 0 Å². The van der Waals surface area contributed by atoms with Gasteiger partial charge in [-0.25, -0.2) is 0 Å². The summed E-state index contributed by atoms with van der Waals surface area (Å²) in [6, 6.07) is 0. The molecule has 4 unspecified atom stereocenters. The van der Waals surface area contributed by atoms with Crippen molar-refractivity contribution in [3.05, 3.63) is 12.2 Å². The van der Waals surface area contributed by atoms with Crippen LogP contribution in [0.15, 0.2) is 12.2 Å². The predicted molar refractivity (Wildman–Crippen MR) is 122 cm³/mol. The quantitative estimate of drug-likeness (QED) is 0.104. The topological polar surface area (TPSA) is 127 Å². The van der Waals surface area contributed by atoms with Crippen LogP contribution in [0.2, 0.25) is 0 Å². The molecule has 0 spiro atoms. The van der Waals surface area contributed by atoms with E-state index in [2.05, 4.69) is 19.1 Å². The Morgan fingerprint density at radius 3 is 1.77 bits per heavy atom. The summed E-state index contributed by atoms with van der Waals surface area (Å²) >= 11 is 0. The van der Waals surface area contributed by atoms with Gasteiger partial charge in [0, 0.05) is 6.42 Å². The summed E-state index contributed by atoms with van der Waals surface area (Å²) < 4.78 is 4.89. The van der Waals surface area contributed by atoms with Crippen LogP contribution in [0.3, 0.4) is 0 Å². The molecule has 184 valence electrons. The van der Waals surface area contributed by atoms with Gasteiger partial charge in [0.2, 0.25) is 0 Å². The molecule has 0 saturated heterocycles. The Balaban J connectivity index is 3.55. The van der Waals surface area contributed by atoms with E-state index in [1.165, 1.54) is 44.9 Å². The Labute approximate surface area is 188 Å². The van der Waals surface area contributed by atoms with E-state index in [4.69, 9.17) is 9.84 Å². The lowest BCUT2D eigenvalue weighted by Gasteiger charge is -2.25. The van der Waals surface area contributed by atoms with Crippen LogP contribution < -0.4 is 0 Å².